The fraction of sp³-hybridized carbons (Fsp3) is 0.240. The van der Waals surface area contributed by atoms with Gasteiger partial charge in [0.1, 0.15) is 5.82 Å². The minimum atomic E-state index is -3.50. The lowest BCUT2D eigenvalue weighted by atomic mass is 10.1. The second kappa shape index (κ2) is 9.53. The monoisotopic (exact) mass is 454 g/mol. The number of nitrogens with one attached hydrogen (secondary N) is 1. The fourth-order valence-corrected chi connectivity index (χ4v) is 4.35. The van der Waals surface area contributed by atoms with Gasteiger partial charge in [0.15, 0.2) is 0 Å². The third kappa shape index (κ3) is 5.73. The average Bonchev–Trinajstić information content (AvgIpc) is 2.74. The number of benzene rings is 3. The molecule has 5 nitrogen and oxygen atoms in total. The van der Waals surface area contributed by atoms with Gasteiger partial charge in [0.2, 0.25) is 10.0 Å². The Labute approximate surface area is 188 Å². The van der Waals surface area contributed by atoms with Gasteiger partial charge in [-0.15, -0.1) is 0 Å². The SMILES string of the molecule is Cc1ccc(C)c(N(Cc2ccc(C(=O)N[C@@H](C)c3ccc(F)cc3)cc2)S(C)(=O)=O)c1. The van der Waals surface area contributed by atoms with E-state index in [9.17, 15) is 17.6 Å². The van der Waals surface area contributed by atoms with Gasteiger partial charge in [-0.2, -0.15) is 0 Å². The number of anilines is 1. The zero-order valence-corrected chi connectivity index (χ0v) is 19.4. The first-order valence-electron chi connectivity index (χ1n) is 10.2. The van der Waals surface area contributed by atoms with E-state index in [4.69, 9.17) is 0 Å². The molecule has 1 amide bonds. The largest absolute Gasteiger partial charge is 0.346 e. The molecule has 0 aliphatic heterocycles. The average molecular weight is 455 g/mol. The van der Waals surface area contributed by atoms with Gasteiger partial charge in [-0.3, -0.25) is 9.10 Å². The highest BCUT2D eigenvalue weighted by atomic mass is 32.2. The summed E-state index contributed by atoms with van der Waals surface area (Å²) in [4.78, 5) is 12.6. The smallest absolute Gasteiger partial charge is 0.251 e. The number of nitrogens with zero attached hydrogens (tertiary/aromatic N) is 1. The third-order valence-corrected chi connectivity index (χ3v) is 6.42. The van der Waals surface area contributed by atoms with Gasteiger partial charge in [-0.25, -0.2) is 12.8 Å². The maximum absolute atomic E-state index is 13.1. The van der Waals surface area contributed by atoms with Gasteiger partial charge in [-0.1, -0.05) is 36.4 Å². The van der Waals surface area contributed by atoms with Crippen molar-refractivity contribution in [3.05, 3.63) is 100 Å². The normalized spacial score (nSPS) is 12.3. The Balaban J connectivity index is 1.75. The Morgan fingerprint density at radius 2 is 1.62 bits per heavy atom. The zero-order chi connectivity index (χ0) is 23.5. The molecule has 1 atom stereocenters. The van der Waals surface area contributed by atoms with E-state index < -0.39 is 10.0 Å². The molecule has 7 heteroatoms. The van der Waals surface area contributed by atoms with Gasteiger partial charge < -0.3 is 5.32 Å². The minimum Gasteiger partial charge on any atom is -0.346 e. The van der Waals surface area contributed by atoms with E-state index in [0.29, 0.717) is 11.3 Å². The molecule has 0 bridgehead atoms. The fourth-order valence-electron chi connectivity index (χ4n) is 3.41. The van der Waals surface area contributed by atoms with E-state index in [2.05, 4.69) is 5.32 Å². The first kappa shape index (κ1) is 23.5. The summed E-state index contributed by atoms with van der Waals surface area (Å²) in [6, 6.07) is 18.2. The lowest BCUT2D eigenvalue weighted by Gasteiger charge is -2.25. The van der Waals surface area contributed by atoms with Crippen LogP contribution < -0.4 is 9.62 Å². The molecule has 0 aliphatic carbocycles. The Hall–Kier alpha value is -3.19. The van der Waals surface area contributed by atoms with Crippen molar-refractivity contribution < 1.29 is 17.6 Å². The number of amides is 1. The molecular weight excluding hydrogens is 427 g/mol. The van der Waals surface area contributed by atoms with E-state index >= 15 is 0 Å². The maximum Gasteiger partial charge on any atom is 0.251 e. The summed E-state index contributed by atoms with van der Waals surface area (Å²) in [5.41, 5.74) is 4.50. The van der Waals surface area contributed by atoms with Gasteiger partial charge in [0.25, 0.3) is 5.91 Å². The molecule has 0 aromatic heterocycles. The van der Waals surface area contributed by atoms with Gasteiger partial charge in [0.05, 0.1) is 24.5 Å². The lowest BCUT2D eigenvalue weighted by molar-refractivity contribution is 0.0940. The quantitative estimate of drug-likeness (QED) is 0.552. The number of aryl methyl sites for hydroxylation is 2. The molecule has 0 aliphatic rings. The molecule has 3 aromatic carbocycles. The van der Waals surface area contributed by atoms with Crippen molar-refractivity contribution in [3.8, 4) is 0 Å². The molecule has 0 unspecified atom stereocenters. The second-order valence-corrected chi connectivity index (χ2v) is 9.91. The first-order chi connectivity index (χ1) is 15.0. The number of rotatable bonds is 7. The highest BCUT2D eigenvalue weighted by Gasteiger charge is 2.20. The summed E-state index contributed by atoms with van der Waals surface area (Å²) in [5.74, 6) is -0.588. The predicted molar refractivity (Wildman–Crippen MR) is 126 cm³/mol. The Bertz CT molecular complexity index is 1210. The van der Waals surface area contributed by atoms with E-state index in [1.165, 1.54) is 22.7 Å². The van der Waals surface area contributed by atoms with Crippen LogP contribution in [0.25, 0.3) is 0 Å². The molecule has 0 heterocycles. The predicted octanol–water partition coefficient (Wildman–Crippen LogP) is 4.90. The minimum absolute atomic E-state index is 0.164. The highest BCUT2D eigenvalue weighted by molar-refractivity contribution is 7.92. The van der Waals surface area contributed by atoms with E-state index in [-0.39, 0.29) is 24.3 Å². The molecule has 3 aromatic rings. The van der Waals surface area contributed by atoms with Gasteiger partial charge in [-0.05, 0) is 73.4 Å². The van der Waals surface area contributed by atoms with Crippen LogP contribution >= 0.6 is 0 Å². The number of halogens is 1. The first-order valence-corrected chi connectivity index (χ1v) is 12.1. The Morgan fingerprint density at radius 1 is 1.00 bits per heavy atom. The summed E-state index contributed by atoms with van der Waals surface area (Å²) in [6.07, 6.45) is 1.19. The van der Waals surface area contributed by atoms with Crippen LogP contribution in [-0.4, -0.2) is 20.6 Å². The third-order valence-electron chi connectivity index (χ3n) is 5.29. The second-order valence-electron chi connectivity index (χ2n) is 8.00. The summed E-state index contributed by atoms with van der Waals surface area (Å²) in [5, 5.41) is 2.89. The number of carbonyl (C=O) groups is 1. The van der Waals surface area contributed by atoms with Crippen molar-refractivity contribution in [1.29, 1.82) is 0 Å². The molecule has 0 saturated carbocycles. The number of hydrogen-bond donors (Lipinski definition) is 1. The van der Waals surface area contributed by atoms with E-state index in [0.717, 1.165) is 22.3 Å². The van der Waals surface area contributed by atoms with Crippen molar-refractivity contribution in [2.24, 2.45) is 0 Å². The van der Waals surface area contributed by atoms with Crippen LogP contribution in [0.2, 0.25) is 0 Å². The van der Waals surface area contributed by atoms with Gasteiger partial charge >= 0.3 is 0 Å². The molecule has 1 N–H and O–H groups in total. The number of hydrogen-bond acceptors (Lipinski definition) is 3. The van der Waals surface area contributed by atoms with Crippen LogP contribution in [-0.2, 0) is 16.6 Å². The van der Waals surface area contributed by atoms with Crippen LogP contribution in [0.3, 0.4) is 0 Å². The van der Waals surface area contributed by atoms with Crippen molar-refractivity contribution >= 4 is 21.6 Å². The van der Waals surface area contributed by atoms with Crippen LogP contribution in [0.5, 0.6) is 0 Å². The van der Waals surface area contributed by atoms with E-state index in [1.54, 1.807) is 36.4 Å². The summed E-state index contributed by atoms with van der Waals surface area (Å²) in [7, 11) is -3.50. The Kier molecular flexibility index (Phi) is 6.99. The van der Waals surface area contributed by atoms with Crippen molar-refractivity contribution in [3.63, 3.8) is 0 Å². The highest BCUT2D eigenvalue weighted by Crippen LogP contribution is 2.26. The summed E-state index contributed by atoms with van der Waals surface area (Å²) in [6.45, 7) is 5.79. The molecule has 0 spiro atoms. The number of carbonyl (C=O) groups excluding carboxylic acids is 1. The van der Waals surface area contributed by atoms with E-state index in [1.807, 2.05) is 39.0 Å². The standard InChI is InChI=1S/C25H27FN2O3S/c1-17-5-6-18(2)24(15-17)28(32(4,30)31)16-20-7-9-22(10-8-20)25(29)27-19(3)21-11-13-23(26)14-12-21/h5-15,19H,16H2,1-4H3,(H,27,29)/t19-/m0/s1. The lowest BCUT2D eigenvalue weighted by Crippen LogP contribution is -2.30. The van der Waals surface area contributed by atoms with Crippen molar-refractivity contribution in [2.45, 2.75) is 33.4 Å². The molecular formula is C25H27FN2O3S. The van der Waals surface area contributed by atoms with Crippen LogP contribution in [0.15, 0.2) is 66.7 Å². The summed E-state index contributed by atoms with van der Waals surface area (Å²) >= 11 is 0. The molecule has 0 radical (unpaired) electrons. The zero-order valence-electron chi connectivity index (χ0n) is 18.6. The van der Waals surface area contributed by atoms with Crippen molar-refractivity contribution in [2.75, 3.05) is 10.6 Å². The summed E-state index contributed by atoms with van der Waals surface area (Å²) < 4.78 is 39.5. The molecule has 32 heavy (non-hydrogen) atoms. The topological polar surface area (TPSA) is 66.5 Å². The molecule has 3 rings (SSSR count). The Morgan fingerprint density at radius 3 is 2.22 bits per heavy atom. The maximum atomic E-state index is 13.1. The van der Waals surface area contributed by atoms with Gasteiger partial charge in [0, 0.05) is 5.56 Å². The van der Waals surface area contributed by atoms with Crippen molar-refractivity contribution in [1.82, 2.24) is 5.32 Å². The van der Waals surface area contributed by atoms with Crippen LogP contribution in [0, 0.1) is 19.7 Å². The van der Waals surface area contributed by atoms with Crippen LogP contribution in [0.1, 0.15) is 45.6 Å². The molecule has 0 fully saturated rings. The molecule has 168 valence electrons. The number of sulfonamides is 1. The van der Waals surface area contributed by atoms with Crippen LogP contribution in [0.4, 0.5) is 10.1 Å². The molecule has 0 saturated heterocycles.